The van der Waals surface area contributed by atoms with Gasteiger partial charge in [-0.3, -0.25) is 5.32 Å². The molecule has 0 aliphatic rings. The molecule has 1 rings (SSSR count). The van der Waals surface area contributed by atoms with Crippen molar-refractivity contribution >= 4 is 5.97 Å². The van der Waals surface area contributed by atoms with Gasteiger partial charge in [-0.2, -0.15) is 0 Å². The van der Waals surface area contributed by atoms with Gasteiger partial charge >= 0.3 is 5.97 Å². The van der Waals surface area contributed by atoms with Crippen LogP contribution in [-0.2, 0) is 10.3 Å². The molecule has 0 aliphatic heterocycles. The van der Waals surface area contributed by atoms with Gasteiger partial charge in [-0.15, -0.1) is 0 Å². The third-order valence-corrected chi connectivity index (χ3v) is 3.04. The van der Waals surface area contributed by atoms with E-state index in [-0.39, 0.29) is 0 Å². The van der Waals surface area contributed by atoms with Crippen LogP contribution in [0.2, 0.25) is 0 Å². The van der Waals surface area contributed by atoms with Crippen LogP contribution >= 0.6 is 0 Å². The fraction of sp³-hybridized carbons (Fsp3) is 0.462. The molecule has 1 aromatic carbocycles. The minimum absolute atomic E-state index is 0.621. The van der Waals surface area contributed by atoms with Gasteiger partial charge in [0.05, 0.1) is 0 Å². The molecule has 88 valence electrons. The average molecular weight is 221 g/mol. The molecule has 3 heteroatoms. The molecule has 2 N–H and O–H groups in total. The van der Waals surface area contributed by atoms with E-state index in [9.17, 15) is 9.90 Å². The molecule has 1 atom stereocenters. The monoisotopic (exact) mass is 221 g/mol. The molecule has 0 heterocycles. The van der Waals surface area contributed by atoms with Crippen LogP contribution in [0.4, 0.5) is 0 Å². The second-order valence-electron chi connectivity index (χ2n) is 4.26. The topological polar surface area (TPSA) is 49.3 Å². The number of carboxylic acid groups (broad SMARTS) is 1. The first-order valence-electron chi connectivity index (χ1n) is 5.48. The second kappa shape index (κ2) is 4.66. The maximum Gasteiger partial charge on any atom is 0.328 e. The van der Waals surface area contributed by atoms with Gasteiger partial charge in [-0.05, 0) is 44.0 Å². The van der Waals surface area contributed by atoms with Crippen LogP contribution in [0.1, 0.15) is 30.5 Å². The van der Waals surface area contributed by atoms with Crippen molar-refractivity contribution in [3.05, 3.63) is 34.9 Å². The van der Waals surface area contributed by atoms with Crippen molar-refractivity contribution in [1.29, 1.82) is 0 Å². The molecule has 1 unspecified atom stereocenters. The largest absolute Gasteiger partial charge is 0.480 e. The van der Waals surface area contributed by atoms with Crippen molar-refractivity contribution in [3.63, 3.8) is 0 Å². The van der Waals surface area contributed by atoms with Crippen molar-refractivity contribution in [1.82, 2.24) is 5.32 Å². The number of aryl methyl sites for hydroxylation is 2. The normalized spacial score (nSPS) is 14.5. The van der Waals surface area contributed by atoms with Crippen LogP contribution in [0, 0.1) is 13.8 Å². The van der Waals surface area contributed by atoms with Gasteiger partial charge in [0.25, 0.3) is 0 Å². The van der Waals surface area contributed by atoms with E-state index in [1.165, 1.54) is 5.56 Å². The van der Waals surface area contributed by atoms with Crippen LogP contribution in [0.25, 0.3) is 0 Å². The van der Waals surface area contributed by atoms with E-state index in [0.717, 1.165) is 11.1 Å². The Kier molecular flexibility index (Phi) is 3.70. The summed E-state index contributed by atoms with van der Waals surface area (Å²) in [5.41, 5.74) is 2.08. The third-order valence-electron chi connectivity index (χ3n) is 3.04. The lowest BCUT2D eigenvalue weighted by atomic mass is 9.90. The summed E-state index contributed by atoms with van der Waals surface area (Å²) in [5, 5.41) is 12.3. The van der Waals surface area contributed by atoms with E-state index >= 15 is 0 Å². The smallest absolute Gasteiger partial charge is 0.328 e. The molecule has 1 aromatic rings. The highest BCUT2D eigenvalue weighted by Crippen LogP contribution is 2.23. The first kappa shape index (κ1) is 12.7. The minimum Gasteiger partial charge on any atom is -0.480 e. The van der Waals surface area contributed by atoms with E-state index in [0.29, 0.717) is 6.54 Å². The quantitative estimate of drug-likeness (QED) is 0.819. The van der Waals surface area contributed by atoms with Gasteiger partial charge in [0.15, 0.2) is 0 Å². The number of rotatable bonds is 4. The highest BCUT2D eigenvalue weighted by molar-refractivity contribution is 5.80. The van der Waals surface area contributed by atoms with Gasteiger partial charge in [0.2, 0.25) is 0 Å². The average Bonchev–Trinajstić information content (AvgIpc) is 2.22. The van der Waals surface area contributed by atoms with Crippen molar-refractivity contribution in [2.45, 2.75) is 33.2 Å². The SMILES string of the molecule is CCNC(C)(C(=O)O)c1ccc(C)c(C)c1. The molecule has 16 heavy (non-hydrogen) atoms. The third kappa shape index (κ3) is 2.25. The van der Waals surface area contributed by atoms with Gasteiger partial charge in [0.1, 0.15) is 5.54 Å². The standard InChI is InChI=1S/C13H19NO2/c1-5-14-13(4,12(15)16)11-7-6-9(2)10(3)8-11/h6-8,14H,5H2,1-4H3,(H,15,16). The van der Waals surface area contributed by atoms with E-state index in [1.807, 2.05) is 39.0 Å². The highest BCUT2D eigenvalue weighted by Gasteiger charge is 2.34. The Labute approximate surface area is 96.5 Å². The predicted molar refractivity (Wildman–Crippen MR) is 64.6 cm³/mol. The highest BCUT2D eigenvalue weighted by atomic mass is 16.4. The van der Waals surface area contributed by atoms with Crippen LogP contribution < -0.4 is 5.32 Å². The van der Waals surface area contributed by atoms with Gasteiger partial charge in [-0.1, -0.05) is 25.1 Å². The molecular weight excluding hydrogens is 202 g/mol. The Morgan fingerprint density at radius 1 is 1.38 bits per heavy atom. The maximum absolute atomic E-state index is 11.3. The Balaban J connectivity index is 3.21. The Hall–Kier alpha value is -1.35. The summed E-state index contributed by atoms with van der Waals surface area (Å²) in [5.74, 6) is -0.849. The number of likely N-dealkylation sites (N-methyl/N-ethyl adjacent to an activating group) is 1. The lowest BCUT2D eigenvalue weighted by Gasteiger charge is -2.26. The van der Waals surface area contributed by atoms with E-state index in [2.05, 4.69) is 5.32 Å². The van der Waals surface area contributed by atoms with Crippen molar-refractivity contribution in [2.24, 2.45) is 0 Å². The number of carbonyl (C=O) groups is 1. The summed E-state index contributed by atoms with van der Waals surface area (Å²) in [6.45, 7) is 8.23. The lowest BCUT2D eigenvalue weighted by Crippen LogP contribution is -2.46. The lowest BCUT2D eigenvalue weighted by molar-refractivity contribution is -0.144. The number of aliphatic carboxylic acids is 1. The molecule has 0 bridgehead atoms. The van der Waals surface area contributed by atoms with Crippen molar-refractivity contribution in [2.75, 3.05) is 6.54 Å². The van der Waals surface area contributed by atoms with Crippen LogP contribution in [0.5, 0.6) is 0 Å². The number of hydrogen-bond donors (Lipinski definition) is 2. The fourth-order valence-electron chi connectivity index (χ4n) is 1.71. The first-order valence-corrected chi connectivity index (χ1v) is 5.48. The molecule has 0 saturated carbocycles. The zero-order chi connectivity index (χ0) is 12.3. The van der Waals surface area contributed by atoms with Crippen LogP contribution in [0.15, 0.2) is 18.2 Å². The second-order valence-corrected chi connectivity index (χ2v) is 4.26. The molecule has 0 aromatic heterocycles. The number of hydrogen-bond acceptors (Lipinski definition) is 2. The van der Waals surface area contributed by atoms with Crippen LogP contribution in [0.3, 0.4) is 0 Å². The Morgan fingerprint density at radius 2 is 2.00 bits per heavy atom. The molecule has 0 saturated heterocycles. The molecule has 0 amide bonds. The maximum atomic E-state index is 11.3. The van der Waals surface area contributed by atoms with E-state index in [4.69, 9.17) is 0 Å². The molecule has 3 nitrogen and oxygen atoms in total. The predicted octanol–water partition coefficient (Wildman–Crippen LogP) is 2.21. The number of benzene rings is 1. The van der Waals surface area contributed by atoms with Gasteiger partial charge < -0.3 is 5.11 Å². The Bertz CT molecular complexity index is 401. The summed E-state index contributed by atoms with van der Waals surface area (Å²) in [4.78, 5) is 11.3. The molecule has 0 aliphatic carbocycles. The van der Waals surface area contributed by atoms with Crippen molar-refractivity contribution in [3.8, 4) is 0 Å². The van der Waals surface area contributed by atoms with Gasteiger partial charge in [-0.25, -0.2) is 4.79 Å². The van der Waals surface area contributed by atoms with E-state index < -0.39 is 11.5 Å². The molecule has 0 radical (unpaired) electrons. The summed E-state index contributed by atoms with van der Waals surface area (Å²) in [6, 6.07) is 5.77. The minimum atomic E-state index is -1.01. The van der Waals surface area contributed by atoms with E-state index in [1.54, 1.807) is 6.92 Å². The zero-order valence-electron chi connectivity index (χ0n) is 10.3. The number of carboxylic acids is 1. The number of nitrogens with one attached hydrogen (secondary N) is 1. The van der Waals surface area contributed by atoms with Crippen LogP contribution in [-0.4, -0.2) is 17.6 Å². The molecule has 0 fully saturated rings. The van der Waals surface area contributed by atoms with Gasteiger partial charge in [0, 0.05) is 0 Å². The summed E-state index contributed by atoms with van der Waals surface area (Å²) < 4.78 is 0. The fourth-order valence-corrected chi connectivity index (χ4v) is 1.71. The summed E-state index contributed by atoms with van der Waals surface area (Å²) >= 11 is 0. The molecule has 0 spiro atoms. The Morgan fingerprint density at radius 3 is 2.44 bits per heavy atom. The summed E-state index contributed by atoms with van der Waals surface area (Å²) in [7, 11) is 0. The summed E-state index contributed by atoms with van der Waals surface area (Å²) in [6.07, 6.45) is 0. The van der Waals surface area contributed by atoms with Crippen molar-refractivity contribution < 1.29 is 9.90 Å². The zero-order valence-corrected chi connectivity index (χ0v) is 10.3. The first-order chi connectivity index (χ1) is 7.41. The molecular formula is C13H19NO2.